The fourth-order valence-corrected chi connectivity index (χ4v) is 3.73. The van der Waals surface area contributed by atoms with Gasteiger partial charge >= 0.3 is 0 Å². The molecule has 23 heavy (non-hydrogen) atoms. The van der Waals surface area contributed by atoms with Crippen LogP contribution in [0.25, 0.3) is 21.8 Å². The third-order valence-corrected chi connectivity index (χ3v) is 4.82. The number of halogens is 1. The van der Waals surface area contributed by atoms with E-state index < -0.39 is 0 Å². The van der Waals surface area contributed by atoms with Gasteiger partial charge in [0.15, 0.2) is 0 Å². The van der Waals surface area contributed by atoms with Crippen LogP contribution in [0.1, 0.15) is 11.1 Å². The third-order valence-electron chi connectivity index (χ3n) is 4.43. The Morgan fingerprint density at radius 1 is 0.652 bits per heavy atom. The average molecular weight is 364 g/mol. The topological polar surface area (TPSA) is 4.93 Å². The minimum absolute atomic E-state index is 0.905. The second-order valence-electron chi connectivity index (χ2n) is 5.88. The maximum Gasteiger partial charge on any atom is 0.0494 e. The van der Waals surface area contributed by atoms with E-state index in [0.717, 1.165) is 18.3 Å². The number of aromatic nitrogens is 1. The molecule has 0 atom stereocenters. The van der Waals surface area contributed by atoms with E-state index in [2.05, 4.69) is 93.3 Å². The largest absolute Gasteiger partial charge is 0.336 e. The zero-order chi connectivity index (χ0) is 15.6. The molecule has 0 amide bonds. The molecule has 0 saturated heterocycles. The molecule has 4 rings (SSSR count). The Morgan fingerprint density at radius 2 is 1.17 bits per heavy atom. The number of benzene rings is 3. The zero-order valence-electron chi connectivity index (χ0n) is 12.9. The van der Waals surface area contributed by atoms with E-state index in [4.69, 9.17) is 0 Å². The van der Waals surface area contributed by atoms with E-state index in [1.54, 1.807) is 0 Å². The summed E-state index contributed by atoms with van der Waals surface area (Å²) in [5.74, 6) is 0. The number of aryl methyl sites for hydroxylation is 1. The average Bonchev–Trinajstić information content (AvgIpc) is 2.92. The van der Waals surface area contributed by atoms with E-state index in [1.165, 1.54) is 32.9 Å². The van der Waals surface area contributed by atoms with Crippen molar-refractivity contribution in [2.45, 2.75) is 13.0 Å². The number of para-hydroxylation sites is 2. The van der Waals surface area contributed by atoms with Crippen LogP contribution in [0.3, 0.4) is 0 Å². The van der Waals surface area contributed by atoms with Gasteiger partial charge in [0, 0.05) is 33.7 Å². The predicted molar refractivity (Wildman–Crippen MR) is 102 cm³/mol. The van der Waals surface area contributed by atoms with Crippen LogP contribution in [-0.2, 0) is 13.0 Å². The predicted octanol–water partition coefficient (Wildman–Crippen LogP) is 5.78. The Morgan fingerprint density at radius 3 is 1.74 bits per heavy atom. The van der Waals surface area contributed by atoms with Crippen LogP contribution in [0.4, 0.5) is 0 Å². The van der Waals surface area contributed by atoms with Crippen molar-refractivity contribution >= 4 is 37.7 Å². The number of hydrogen-bond donors (Lipinski definition) is 0. The zero-order valence-corrected chi connectivity index (χ0v) is 14.5. The molecule has 0 N–H and O–H groups in total. The quantitative estimate of drug-likeness (QED) is 0.405. The highest BCUT2D eigenvalue weighted by atomic mass is 79.9. The van der Waals surface area contributed by atoms with Crippen LogP contribution in [0, 0.1) is 0 Å². The smallest absolute Gasteiger partial charge is 0.0494 e. The SMILES string of the molecule is BrCCc1ccc(Cn2c3ccccc3c3ccccc32)cc1. The fraction of sp³-hybridized carbons (Fsp3) is 0.143. The van der Waals surface area contributed by atoms with Crippen LogP contribution in [0.5, 0.6) is 0 Å². The molecule has 0 radical (unpaired) electrons. The molecule has 114 valence electrons. The van der Waals surface area contributed by atoms with Crippen molar-refractivity contribution in [3.05, 3.63) is 83.9 Å². The van der Waals surface area contributed by atoms with E-state index in [9.17, 15) is 0 Å². The lowest BCUT2D eigenvalue weighted by Gasteiger charge is -2.08. The van der Waals surface area contributed by atoms with Gasteiger partial charge < -0.3 is 4.57 Å². The summed E-state index contributed by atoms with van der Waals surface area (Å²) >= 11 is 3.50. The second kappa shape index (κ2) is 6.21. The minimum atomic E-state index is 0.905. The molecule has 0 spiro atoms. The van der Waals surface area contributed by atoms with Gasteiger partial charge in [-0.2, -0.15) is 0 Å². The van der Waals surface area contributed by atoms with Crippen LogP contribution in [0.15, 0.2) is 72.8 Å². The number of rotatable bonds is 4. The lowest BCUT2D eigenvalue weighted by molar-refractivity contribution is 0.868. The van der Waals surface area contributed by atoms with Gasteiger partial charge in [0.05, 0.1) is 0 Å². The maximum atomic E-state index is 3.50. The van der Waals surface area contributed by atoms with Gasteiger partial charge in [0.25, 0.3) is 0 Å². The number of fused-ring (bicyclic) bond motifs is 3. The standard InChI is InChI=1S/C21H18BrN/c22-14-13-16-9-11-17(12-10-16)15-23-20-7-3-1-5-18(20)19-6-2-4-8-21(19)23/h1-12H,13-15H2. The molecule has 0 aliphatic carbocycles. The molecular weight excluding hydrogens is 346 g/mol. The van der Waals surface area contributed by atoms with Gasteiger partial charge in [-0.1, -0.05) is 76.6 Å². The van der Waals surface area contributed by atoms with Crippen LogP contribution in [-0.4, -0.2) is 9.90 Å². The summed E-state index contributed by atoms with van der Waals surface area (Å²) in [5.41, 5.74) is 5.33. The van der Waals surface area contributed by atoms with E-state index >= 15 is 0 Å². The maximum absolute atomic E-state index is 3.50. The summed E-state index contributed by atoms with van der Waals surface area (Å²) in [6, 6.07) is 26.3. The van der Waals surface area contributed by atoms with E-state index in [1.807, 2.05) is 0 Å². The van der Waals surface area contributed by atoms with Crippen LogP contribution in [0.2, 0.25) is 0 Å². The number of hydrogen-bond acceptors (Lipinski definition) is 0. The molecule has 1 heterocycles. The summed E-state index contributed by atoms with van der Waals surface area (Å²) in [6.07, 6.45) is 1.08. The van der Waals surface area contributed by atoms with Crippen molar-refractivity contribution < 1.29 is 0 Å². The Labute approximate surface area is 144 Å². The fourth-order valence-electron chi connectivity index (χ4n) is 3.28. The highest BCUT2D eigenvalue weighted by Gasteiger charge is 2.09. The number of nitrogens with zero attached hydrogens (tertiary/aromatic N) is 1. The monoisotopic (exact) mass is 363 g/mol. The molecule has 3 aromatic carbocycles. The normalized spacial score (nSPS) is 11.3. The Balaban J connectivity index is 1.81. The summed E-state index contributed by atoms with van der Waals surface area (Å²) in [4.78, 5) is 0. The molecule has 0 aliphatic heterocycles. The van der Waals surface area contributed by atoms with Crippen molar-refractivity contribution in [3.8, 4) is 0 Å². The van der Waals surface area contributed by atoms with Gasteiger partial charge in [0.1, 0.15) is 0 Å². The lowest BCUT2D eigenvalue weighted by Crippen LogP contribution is -1.99. The summed E-state index contributed by atoms with van der Waals surface area (Å²) in [6.45, 7) is 0.905. The van der Waals surface area contributed by atoms with Crippen LogP contribution >= 0.6 is 15.9 Å². The molecule has 0 saturated carbocycles. The molecule has 4 aromatic rings. The molecule has 2 heteroatoms. The first-order valence-electron chi connectivity index (χ1n) is 7.96. The van der Waals surface area contributed by atoms with Crippen molar-refractivity contribution in [2.75, 3.05) is 5.33 Å². The summed E-state index contributed by atoms with van der Waals surface area (Å²) < 4.78 is 2.42. The van der Waals surface area contributed by atoms with Crippen molar-refractivity contribution in [1.29, 1.82) is 0 Å². The molecule has 1 nitrogen and oxygen atoms in total. The summed E-state index contributed by atoms with van der Waals surface area (Å²) in [7, 11) is 0. The minimum Gasteiger partial charge on any atom is -0.336 e. The van der Waals surface area contributed by atoms with Crippen molar-refractivity contribution in [1.82, 2.24) is 4.57 Å². The second-order valence-corrected chi connectivity index (χ2v) is 6.67. The third kappa shape index (κ3) is 2.68. The van der Waals surface area contributed by atoms with Crippen molar-refractivity contribution in [2.24, 2.45) is 0 Å². The summed E-state index contributed by atoms with van der Waals surface area (Å²) in [5, 5.41) is 3.68. The van der Waals surface area contributed by atoms with Gasteiger partial charge in [0.2, 0.25) is 0 Å². The number of alkyl halides is 1. The molecular formula is C21H18BrN. The molecule has 0 fully saturated rings. The highest BCUT2D eigenvalue weighted by Crippen LogP contribution is 2.29. The molecule has 1 aromatic heterocycles. The van der Waals surface area contributed by atoms with Gasteiger partial charge in [-0.15, -0.1) is 0 Å². The van der Waals surface area contributed by atoms with Gasteiger partial charge in [-0.05, 0) is 29.7 Å². The Bertz CT molecular complexity index is 897. The van der Waals surface area contributed by atoms with E-state index in [-0.39, 0.29) is 0 Å². The first kappa shape index (κ1) is 14.5. The first-order valence-corrected chi connectivity index (χ1v) is 9.09. The van der Waals surface area contributed by atoms with Gasteiger partial charge in [-0.3, -0.25) is 0 Å². The highest BCUT2D eigenvalue weighted by molar-refractivity contribution is 9.09. The van der Waals surface area contributed by atoms with E-state index in [0.29, 0.717) is 0 Å². The molecule has 0 unspecified atom stereocenters. The van der Waals surface area contributed by atoms with Gasteiger partial charge in [-0.25, -0.2) is 0 Å². The molecule has 0 aliphatic rings. The Hall–Kier alpha value is -2.06. The van der Waals surface area contributed by atoms with Crippen molar-refractivity contribution in [3.63, 3.8) is 0 Å². The first-order chi connectivity index (χ1) is 11.4. The Kier molecular flexibility index (Phi) is 3.92. The lowest BCUT2D eigenvalue weighted by atomic mass is 10.1. The van der Waals surface area contributed by atoms with Crippen LogP contribution < -0.4 is 0 Å². The molecule has 0 bridgehead atoms.